The number of alkyl halides is 2. The number of hydrogen-bond acceptors (Lipinski definition) is 6. The SMILES string of the molecule is COc1ncc2nc[nH]c(=O)c2c1O[C@@H]1CCNCC1(F)F. The molecule has 2 aromatic rings. The average molecular weight is 312 g/mol. The molecule has 0 aliphatic carbocycles. The molecule has 1 atom stereocenters. The maximum atomic E-state index is 13.9. The van der Waals surface area contributed by atoms with Gasteiger partial charge >= 0.3 is 0 Å². The first-order valence-electron chi connectivity index (χ1n) is 6.68. The van der Waals surface area contributed by atoms with Crippen molar-refractivity contribution >= 4 is 10.9 Å². The van der Waals surface area contributed by atoms with Crippen molar-refractivity contribution in [3.8, 4) is 11.6 Å². The van der Waals surface area contributed by atoms with Crippen molar-refractivity contribution in [1.82, 2.24) is 20.3 Å². The van der Waals surface area contributed by atoms with E-state index in [9.17, 15) is 13.6 Å². The van der Waals surface area contributed by atoms with Crippen LogP contribution in [0.5, 0.6) is 11.6 Å². The molecular formula is C13H14F2N4O3. The van der Waals surface area contributed by atoms with Crippen molar-refractivity contribution in [2.45, 2.75) is 18.4 Å². The number of pyridine rings is 1. The summed E-state index contributed by atoms with van der Waals surface area (Å²) in [7, 11) is 1.33. The molecule has 0 aromatic carbocycles. The molecule has 3 rings (SSSR count). The number of H-pyrrole nitrogens is 1. The molecule has 22 heavy (non-hydrogen) atoms. The second kappa shape index (κ2) is 5.48. The first-order valence-corrected chi connectivity index (χ1v) is 6.68. The van der Waals surface area contributed by atoms with Crippen LogP contribution in [0.15, 0.2) is 17.3 Å². The molecule has 0 amide bonds. The summed E-state index contributed by atoms with van der Waals surface area (Å²) in [6.45, 7) is -0.0812. The highest BCUT2D eigenvalue weighted by molar-refractivity contribution is 5.85. The largest absolute Gasteiger partial charge is 0.478 e. The summed E-state index contributed by atoms with van der Waals surface area (Å²) in [5, 5.41) is 2.66. The third-order valence-electron chi connectivity index (χ3n) is 3.48. The molecule has 118 valence electrons. The van der Waals surface area contributed by atoms with Crippen LogP contribution in [0.25, 0.3) is 10.9 Å². The molecule has 9 heteroatoms. The summed E-state index contributed by atoms with van der Waals surface area (Å²) >= 11 is 0. The lowest BCUT2D eigenvalue weighted by atomic mass is 10.1. The van der Waals surface area contributed by atoms with Gasteiger partial charge in [-0.15, -0.1) is 0 Å². The number of rotatable bonds is 3. The van der Waals surface area contributed by atoms with Crippen LogP contribution in [0.4, 0.5) is 8.78 Å². The van der Waals surface area contributed by atoms with Crippen molar-refractivity contribution in [2.75, 3.05) is 20.2 Å². The Morgan fingerprint density at radius 2 is 2.23 bits per heavy atom. The van der Waals surface area contributed by atoms with E-state index in [1.54, 1.807) is 0 Å². The molecule has 0 unspecified atom stereocenters. The van der Waals surface area contributed by atoms with Gasteiger partial charge in [0.25, 0.3) is 17.4 Å². The number of aromatic amines is 1. The lowest BCUT2D eigenvalue weighted by molar-refractivity contribution is -0.109. The number of ether oxygens (including phenoxy) is 2. The maximum absolute atomic E-state index is 13.9. The quantitative estimate of drug-likeness (QED) is 0.867. The van der Waals surface area contributed by atoms with Crippen LogP contribution in [0.3, 0.4) is 0 Å². The number of nitrogens with one attached hydrogen (secondary N) is 2. The van der Waals surface area contributed by atoms with Crippen molar-refractivity contribution in [3.05, 3.63) is 22.9 Å². The third-order valence-corrected chi connectivity index (χ3v) is 3.48. The fraction of sp³-hybridized carbons (Fsp3) is 0.462. The summed E-state index contributed by atoms with van der Waals surface area (Å²) in [5.41, 5.74) is -0.255. The molecule has 3 heterocycles. The fourth-order valence-electron chi connectivity index (χ4n) is 2.37. The minimum Gasteiger partial charge on any atom is -0.478 e. The Balaban J connectivity index is 2.10. The maximum Gasteiger partial charge on any atom is 0.296 e. The number of piperidine rings is 1. The molecule has 0 radical (unpaired) electrons. The van der Waals surface area contributed by atoms with E-state index in [-0.39, 0.29) is 29.0 Å². The summed E-state index contributed by atoms with van der Waals surface area (Å²) in [6, 6.07) is 0. The second-order valence-corrected chi connectivity index (χ2v) is 4.92. The van der Waals surface area contributed by atoms with Gasteiger partial charge in [0.05, 0.1) is 31.7 Å². The van der Waals surface area contributed by atoms with Gasteiger partial charge in [0, 0.05) is 6.42 Å². The Kier molecular flexibility index (Phi) is 3.65. The fourth-order valence-corrected chi connectivity index (χ4v) is 2.37. The Labute approximate surface area is 123 Å². The van der Waals surface area contributed by atoms with Crippen LogP contribution in [0.2, 0.25) is 0 Å². The van der Waals surface area contributed by atoms with E-state index < -0.39 is 24.1 Å². The topological polar surface area (TPSA) is 89.1 Å². The van der Waals surface area contributed by atoms with Gasteiger partial charge in [-0.25, -0.2) is 18.7 Å². The van der Waals surface area contributed by atoms with Crippen LogP contribution in [-0.2, 0) is 0 Å². The van der Waals surface area contributed by atoms with Gasteiger partial charge in [-0.1, -0.05) is 0 Å². The van der Waals surface area contributed by atoms with Crippen molar-refractivity contribution in [2.24, 2.45) is 0 Å². The van der Waals surface area contributed by atoms with Gasteiger partial charge in [-0.2, -0.15) is 0 Å². The van der Waals surface area contributed by atoms with Gasteiger partial charge in [0.1, 0.15) is 5.39 Å². The monoisotopic (exact) mass is 312 g/mol. The lowest BCUT2D eigenvalue weighted by Crippen LogP contribution is -2.52. The number of hydrogen-bond donors (Lipinski definition) is 2. The molecule has 1 aliphatic rings. The smallest absolute Gasteiger partial charge is 0.296 e. The second-order valence-electron chi connectivity index (χ2n) is 4.92. The van der Waals surface area contributed by atoms with E-state index in [1.165, 1.54) is 19.6 Å². The van der Waals surface area contributed by atoms with E-state index in [0.29, 0.717) is 6.54 Å². The van der Waals surface area contributed by atoms with E-state index in [1.807, 2.05) is 0 Å². The highest BCUT2D eigenvalue weighted by Gasteiger charge is 2.44. The summed E-state index contributed by atoms with van der Waals surface area (Å²) in [5.74, 6) is -3.19. The zero-order chi connectivity index (χ0) is 15.7. The minimum absolute atomic E-state index is 0.0275. The van der Waals surface area contributed by atoms with E-state index in [0.717, 1.165) is 0 Å². The van der Waals surface area contributed by atoms with Gasteiger partial charge in [0.2, 0.25) is 0 Å². The predicted molar refractivity (Wildman–Crippen MR) is 73.6 cm³/mol. The van der Waals surface area contributed by atoms with E-state index in [4.69, 9.17) is 9.47 Å². The Bertz CT molecular complexity index is 750. The summed E-state index contributed by atoms with van der Waals surface area (Å²) in [6.07, 6.45) is 1.28. The number of halogens is 2. The predicted octanol–water partition coefficient (Wildman–Crippen LogP) is 0.703. The minimum atomic E-state index is -3.06. The highest BCUT2D eigenvalue weighted by Crippen LogP contribution is 2.35. The Hall–Kier alpha value is -2.29. The van der Waals surface area contributed by atoms with Crippen molar-refractivity contribution in [1.29, 1.82) is 0 Å². The molecule has 1 fully saturated rings. The van der Waals surface area contributed by atoms with Gasteiger partial charge in [-0.3, -0.25) is 4.79 Å². The molecular weight excluding hydrogens is 298 g/mol. The molecule has 7 nitrogen and oxygen atoms in total. The van der Waals surface area contributed by atoms with Crippen molar-refractivity contribution in [3.63, 3.8) is 0 Å². The zero-order valence-electron chi connectivity index (χ0n) is 11.7. The Morgan fingerprint density at radius 1 is 1.41 bits per heavy atom. The number of aromatic nitrogens is 3. The van der Waals surface area contributed by atoms with Crippen LogP contribution >= 0.6 is 0 Å². The van der Waals surface area contributed by atoms with Gasteiger partial charge < -0.3 is 19.8 Å². The van der Waals surface area contributed by atoms with E-state index >= 15 is 0 Å². The molecule has 2 N–H and O–H groups in total. The number of fused-ring (bicyclic) bond motifs is 1. The molecule has 0 spiro atoms. The zero-order valence-corrected chi connectivity index (χ0v) is 11.7. The summed E-state index contributed by atoms with van der Waals surface area (Å²) in [4.78, 5) is 22.3. The standard InChI is InChI=1S/C13H14F2N4O3/c1-21-12-10(22-8-2-3-16-5-13(8,14)15)9-7(4-17-12)18-6-19-11(9)20/h4,6,8,16H,2-3,5H2,1H3,(H,18,19,20)/t8-/m1/s1. The Morgan fingerprint density at radius 3 is 2.95 bits per heavy atom. The van der Waals surface area contributed by atoms with Gasteiger partial charge in [0.15, 0.2) is 11.9 Å². The summed E-state index contributed by atoms with van der Waals surface area (Å²) < 4.78 is 38.4. The number of nitrogens with zero attached hydrogens (tertiary/aromatic N) is 2. The molecule has 1 aliphatic heterocycles. The van der Waals surface area contributed by atoms with Gasteiger partial charge in [-0.05, 0) is 6.54 Å². The highest BCUT2D eigenvalue weighted by atomic mass is 19.3. The first-order chi connectivity index (χ1) is 10.5. The first kappa shape index (κ1) is 14.6. The van der Waals surface area contributed by atoms with Crippen molar-refractivity contribution < 1.29 is 18.3 Å². The third kappa shape index (κ3) is 2.47. The van der Waals surface area contributed by atoms with Crippen LogP contribution in [0.1, 0.15) is 6.42 Å². The molecule has 2 aromatic heterocycles. The normalized spacial score (nSPS) is 20.8. The average Bonchev–Trinajstić information content (AvgIpc) is 2.49. The molecule has 1 saturated heterocycles. The van der Waals surface area contributed by atoms with Crippen LogP contribution in [0, 0.1) is 0 Å². The molecule has 0 saturated carbocycles. The van der Waals surface area contributed by atoms with Crippen LogP contribution in [-0.4, -0.2) is 47.2 Å². The van der Waals surface area contributed by atoms with E-state index in [2.05, 4.69) is 20.3 Å². The molecule has 0 bridgehead atoms. The van der Waals surface area contributed by atoms with Crippen LogP contribution < -0.4 is 20.3 Å². The lowest BCUT2D eigenvalue weighted by Gasteiger charge is -2.32. The number of methoxy groups -OCH3 is 1.